The number of carbonyl (C=O) groups excluding carboxylic acids is 1. The van der Waals surface area contributed by atoms with Gasteiger partial charge in [-0.25, -0.2) is 9.36 Å². The molecule has 7 nitrogen and oxygen atoms in total. The molecule has 2 atom stereocenters. The number of urea groups is 1. The molecule has 0 heterocycles. The summed E-state index contributed by atoms with van der Waals surface area (Å²) in [6, 6.07) is 12.3. The molecule has 2 unspecified atom stereocenters. The molecule has 0 fully saturated rings. The van der Waals surface area contributed by atoms with E-state index in [9.17, 15) is 19.1 Å². The summed E-state index contributed by atoms with van der Waals surface area (Å²) in [5.74, 6) is 0. The van der Waals surface area contributed by atoms with Crippen LogP contribution in [0.4, 0.5) is 4.79 Å². The summed E-state index contributed by atoms with van der Waals surface area (Å²) in [6.07, 6.45) is 3.25. The molecular formula is C22H35N2O5P. The van der Waals surface area contributed by atoms with E-state index in [1.165, 1.54) is 6.92 Å². The molecule has 0 saturated carbocycles. The van der Waals surface area contributed by atoms with Crippen molar-refractivity contribution < 1.29 is 23.7 Å². The molecule has 2 rings (SSSR count). The molecule has 0 saturated heterocycles. The Balaban J connectivity index is 0.00000218. The molecule has 8 heteroatoms. The van der Waals surface area contributed by atoms with Gasteiger partial charge in [0.25, 0.3) is 0 Å². The van der Waals surface area contributed by atoms with Crippen LogP contribution in [0.15, 0.2) is 42.5 Å². The van der Waals surface area contributed by atoms with Crippen molar-refractivity contribution in [2.45, 2.75) is 65.5 Å². The monoisotopic (exact) mass is 438 g/mol. The molecule has 4 N–H and O–H groups in total. The lowest BCUT2D eigenvalue weighted by Gasteiger charge is -2.26. The predicted octanol–water partition coefficient (Wildman–Crippen LogP) is 5.28. The molecule has 30 heavy (non-hydrogen) atoms. The zero-order chi connectivity index (χ0) is 22.6. The molecule has 0 aromatic heterocycles. The van der Waals surface area contributed by atoms with E-state index in [0.29, 0.717) is 12.1 Å². The van der Waals surface area contributed by atoms with Crippen molar-refractivity contribution in [3.63, 3.8) is 0 Å². The number of amides is 2. The molecule has 0 radical (unpaired) electrons. The minimum atomic E-state index is -4.69. The van der Waals surface area contributed by atoms with Crippen molar-refractivity contribution in [2.24, 2.45) is 0 Å². The molecule has 0 aliphatic rings. The zero-order valence-electron chi connectivity index (χ0n) is 18.3. The van der Waals surface area contributed by atoms with Crippen LogP contribution in [0.5, 0.6) is 0 Å². The Morgan fingerprint density at radius 1 is 1.07 bits per heavy atom. The normalized spacial score (nSPS) is 13.1. The Morgan fingerprint density at radius 3 is 2.37 bits per heavy atom. The highest BCUT2D eigenvalue weighted by Crippen LogP contribution is 2.40. The van der Waals surface area contributed by atoms with Gasteiger partial charge in [-0.3, -0.25) is 4.52 Å². The summed E-state index contributed by atoms with van der Waals surface area (Å²) in [7, 11) is -4.69. The molecule has 2 aromatic carbocycles. The lowest BCUT2D eigenvalue weighted by Crippen LogP contribution is -2.42. The fourth-order valence-corrected chi connectivity index (χ4v) is 3.65. The summed E-state index contributed by atoms with van der Waals surface area (Å²) in [5.41, 5.74) is 0.709. The van der Waals surface area contributed by atoms with Crippen LogP contribution in [0.25, 0.3) is 10.8 Å². The SMILES string of the molecule is CC.CCCCCCNC(=O)NC(c1ccc2ccccc2c1)C(C)OP(=O)(O)O. The van der Waals surface area contributed by atoms with E-state index in [4.69, 9.17) is 4.52 Å². The van der Waals surface area contributed by atoms with Crippen molar-refractivity contribution in [1.82, 2.24) is 10.6 Å². The Bertz CT molecular complexity index is 824. The third kappa shape index (κ3) is 9.26. The fraction of sp³-hybridized carbons (Fsp3) is 0.500. The van der Waals surface area contributed by atoms with Crippen LogP contribution in [0.2, 0.25) is 0 Å². The maximum atomic E-state index is 12.3. The number of benzene rings is 2. The Labute approximate surface area is 179 Å². The number of fused-ring (bicyclic) bond motifs is 1. The first-order valence-electron chi connectivity index (χ1n) is 10.6. The number of phosphoric ester groups is 1. The molecule has 2 aromatic rings. The van der Waals surface area contributed by atoms with Crippen LogP contribution in [0, 0.1) is 0 Å². The maximum Gasteiger partial charge on any atom is 0.469 e. The van der Waals surface area contributed by atoms with E-state index in [-0.39, 0.29) is 0 Å². The van der Waals surface area contributed by atoms with Crippen LogP contribution in [-0.2, 0) is 9.09 Å². The molecule has 2 amide bonds. The van der Waals surface area contributed by atoms with Gasteiger partial charge >= 0.3 is 13.9 Å². The van der Waals surface area contributed by atoms with E-state index in [0.717, 1.165) is 36.5 Å². The molecule has 168 valence electrons. The number of rotatable bonds is 10. The third-order valence-corrected chi connectivity index (χ3v) is 5.12. The number of carbonyl (C=O) groups is 1. The second kappa shape index (κ2) is 13.4. The van der Waals surface area contributed by atoms with Crippen molar-refractivity contribution in [3.8, 4) is 0 Å². The van der Waals surface area contributed by atoms with E-state index in [1.807, 2.05) is 56.3 Å². The second-order valence-electron chi connectivity index (χ2n) is 6.85. The van der Waals surface area contributed by atoms with Crippen molar-refractivity contribution in [1.29, 1.82) is 0 Å². The number of hydrogen-bond donors (Lipinski definition) is 4. The lowest BCUT2D eigenvalue weighted by molar-refractivity contribution is 0.116. The summed E-state index contributed by atoms with van der Waals surface area (Å²) >= 11 is 0. The quantitative estimate of drug-likeness (QED) is 0.298. The van der Waals surface area contributed by atoms with Gasteiger partial charge in [0.05, 0.1) is 12.1 Å². The third-order valence-electron chi connectivity index (χ3n) is 4.51. The first-order valence-corrected chi connectivity index (χ1v) is 12.1. The summed E-state index contributed by atoms with van der Waals surface area (Å²) in [5, 5.41) is 7.59. The fourth-order valence-electron chi connectivity index (χ4n) is 3.10. The molecule has 0 bridgehead atoms. The Kier molecular flexibility index (Phi) is 11.7. The lowest BCUT2D eigenvalue weighted by atomic mass is 9.99. The largest absolute Gasteiger partial charge is 0.469 e. The first-order chi connectivity index (χ1) is 14.3. The van der Waals surface area contributed by atoms with E-state index in [2.05, 4.69) is 17.6 Å². The van der Waals surface area contributed by atoms with Gasteiger partial charge in [-0.1, -0.05) is 76.4 Å². The predicted molar refractivity (Wildman–Crippen MR) is 121 cm³/mol. The Hall–Kier alpha value is -1.92. The van der Waals surface area contributed by atoms with Crippen LogP contribution < -0.4 is 10.6 Å². The van der Waals surface area contributed by atoms with Crippen molar-refractivity contribution in [3.05, 3.63) is 48.0 Å². The molecule has 0 spiro atoms. The van der Waals surface area contributed by atoms with Crippen LogP contribution >= 0.6 is 7.82 Å². The van der Waals surface area contributed by atoms with Crippen LogP contribution in [0.3, 0.4) is 0 Å². The van der Waals surface area contributed by atoms with Gasteiger partial charge in [-0.05, 0) is 35.7 Å². The minimum Gasteiger partial charge on any atom is -0.338 e. The topological polar surface area (TPSA) is 108 Å². The van der Waals surface area contributed by atoms with Gasteiger partial charge in [0.2, 0.25) is 0 Å². The number of hydrogen-bond acceptors (Lipinski definition) is 3. The number of phosphoric acid groups is 1. The van der Waals surface area contributed by atoms with E-state index >= 15 is 0 Å². The zero-order valence-corrected chi connectivity index (χ0v) is 19.2. The number of unbranched alkanes of at least 4 members (excludes halogenated alkanes) is 3. The Morgan fingerprint density at radius 2 is 1.73 bits per heavy atom. The highest BCUT2D eigenvalue weighted by atomic mass is 31.2. The van der Waals surface area contributed by atoms with E-state index in [1.54, 1.807) is 0 Å². The van der Waals surface area contributed by atoms with Crippen molar-refractivity contribution in [2.75, 3.05) is 6.54 Å². The van der Waals surface area contributed by atoms with E-state index < -0.39 is 26.0 Å². The summed E-state index contributed by atoms with van der Waals surface area (Å²) in [6.45, 7) is 8.20. The second-order valence-corrected chi connectivity index (χ2v) is 8.04. The van der Waals surface area contributed by atoms with Gasteiger partial charge in [-0.15, -0.1) is 0 Å². The smallest absolute Gasteiger partial charge is 0.338 e. The summed E-state index contributed by atoms with van der Waals surface area (Å²) < 4.78 is 16.1. The highest BCUT2D eigenvalue weighted by Gasteiger charge is 2.28. The van der Waals surface area contributed by atoms with Crippen molar-refractivity contribution >= 4 is 24.6 Å². The minimum absolute atomic E-state index is 0.393. The summed E-state index contributed by atoms with van der Waals surface area (Å²) in [4.78, 5) is 30.7. The van der Waals surface area contributed by atoms with Gasteiger partial charge in [-0.2, -0.15) is 0 Å². The van der Waals surface area contributed by atoms with Gasteiger partial charge in [0, 0.05) is 6.54 Å². The average molecular weight is 439 g/mol. The average Bonchev–Trinajstić information content (AvgIpc) is 2.71. The van der Waals surface area contributed by atoms with Gasteiger partial charge in [0.15, 0.2) is 0 Å². The van der Waals surface area contributed by atoms with Crippen LogP contribution in [-0.4, -0.2) is 28.5 Å². The molecule has 0 aliphatic heterocycles. The standard InChI is InChI=1S/C20H29N2O5P.C2H6/c1-3-4-5-8-13-21-20(23)22-19(15(2)27-28(24,25)26)18-12-11-16-9-6-7-10-17(16)14-18;1-2/h6-7,9-12,14-15,19H,3-5,8,13H2,1-2H3,(H2,21,22,23)(H2,24,25,26);1-2H3. The highest BCUT2D eigenvalue weighted by molar-refractivity contribution is 7.46. The van der Waals surface area contributed by atoms with Gasteiger partial charge < -0.3 is 20.4 Å². The molecule has 0 aliphatic carbocycles. The number of nitrogens with one attached hydrogen (secondary N) is 2. The molecular weight excluding hydrogens is 403 g/mol. The maximum absolute atomic E-state index is 12.3. The van der Waals surface area contributed by atoms with Crippen LogP contribution in [0.1, 0.15) is 65.0 Å². The first kappa shape index (κ1) is 26.1. The van der Waals surface area contributed by atoms with Gasteiger partial charge in [0.1, 0.15) is 0 Å².